The Kier molecular flexibility index (Phi) is 6.59. The van der Waals surface area contributed by atoms with E-state index >= 15 is 0 Å². The summed E-state index contributed by atoms with van der Waals surface area (Å²) in [6.45, 7) is 5.35. The Bertz CT molecular complexity index is 1210. The number of fused-ring (bicyclic) bond motifs is 3. The van der Waals surface area contributed by atoms with Gasteiger partial charge in [-0.3, -0.25) is 4.79 Å². The molecule has 0 fully saturated rings. The molecule has 1 aliphatic carbocycles. The van der Waals surface area contributed by atoms with Gasteiger partial charge in [-0.1, -0.05) is 69.3 Å². The lowest BCUT2D eigenvalue weighted by Gasteiger charge is -2.30. The molecule has 0 saturated heterocycles. The van der Waals surface area contributed by atoms with E-state index in [1.807, 2.05) is 36.4 Å². The number of nitrogens with zero attached hydrogens (tertiary/aromatic N) is 1. The first kappa shape index (κ1) is 24.0. The minimum absolute atomic E-state index is 0.0136. The highest BCUT2D eigenvalue weighted by molar-refractivity contribution is 5.88. The number of alkyl carbamates (subject to hydrolysis) is 1. The van der Waals surface area contributed by atoms with Crippen molar-refractivity contribution in [1.82, 2.24) is 15.6 Å². The van der Waals surface area contributed by atoms with Gasteiger partial charge in [-0.2, -0.15) is 0 Å². The Morgan fingerprint density at radius 1 is 1.06 bits per heavy atom. The van der Waals surface area contributed by atoms with E-state index in [4.69, 9.17) is 14.3 Å². The van der Waals surface area contributed by atoms with Crippen molar-refractivity contribution in [1.29, 1.82) is 0 Å². The summed E-state index contributed by atoms with van der Waals surface area (Å²) in [6.07, 6.45) is 0.286. The van der Waals surface area contributed by atoms with E-state index in [-0.39, 0.29) is 30.5 Å². The second kappa shape index (κ2) is 9.61. The molecule has 3 aromatic rings. The maximum absolute atomic E-state index is 12.9. The second-order valence-corrected chi connectivity index (χ2v) is 9.42. The van der Waals surface area contributed by atoms with Crippen LogP contribution < -0.4 is 10.6 Å². The van der Waals surface area contributed by atoms with Crippen LogP contribution in [0.1, 0.15) is 54.1 Å². The van der Waals surface area contributed by atoms with E-state index in [9.17, 15) is 14.4 Å². The highest BCUT2D eigenvalue weighted by atomic mass is 16.5. The van der Waals surface area contributed by atoms with Crippen molar-refractivity contribution in [3.63, 3.8) is 0 Å². The summed E-state index contributed by atoms with van der Waals surface area (Å²) in [5.41, 5.74) is 3.50. The zero-order valence-corrected chi connectivity index (χ0v) is 19.7. The van der Waals surface area contributed by atoms with Gasteiger partial charge in [-0.15, -0.1) is 0 Å². The van der Waals surface area contributed by atoms with Crippen LogP contribution in [-0.2, 0) is 16.1 Å². The van der Waals surface area contributed by atoms with Gasteiger partial charge in [-0.05, 0) is 27.7 Å². The molecular weight excluding hydrogens is 450 g/mol. The molecule has 0 unspecified atom stereocenters. The first-order valence-corrected chi connectivity index (χ1v) is 11.2. The van der Waals surface area contributed by atoms with Crippen LogP contribution in [0.3, 0.4) is 0 Å². The average molecular weight is 478 g/mol. The molecule has 9 heteroatoms. The Morgan fingerprint density at radius 2 is 1.66 bits per heavy atom. The number of oxazole rings is 1. The summed E-state index contributed by atoms with van der Waals surface area (Å²) < 4.78 is 10.6. The average Bonchev–Trinajstić information content (AvgIpc) is 3.42. The fourth-order valence-corrected chi connectivity index (χ4v) is 4.27. The number of aromatic nitrogens is 1. The van der Waals surface area contributed by atoms with E-state index in [0.29, 0.717) is 0 Å². The molecule has 0 spiro atoms. The molecular formula is C26H27N3O6. The SMILES string of the molecule is CC(C)(C)[C@H](NC(=O)OCC1c2ccccc2-c2ccccc21)C(=O)NCc1ocnc1C(=O)O. The molecule has 1 aromatic heterocycles. The zero-order chi connectivity index (χ0) is 25.2. The predicted octanol–water partition coefficient (Wildman–Crippen LogP) is 3.94. The van der Waals surface area contributed by atoms with Crippen molar-refractivity contribution < 1.29 is 28.6 Å². The molecule has 0 radical (unpaired) electrons. The molecule has 182 valence electrons. The largest absolute Gasteiger partial charge is 0.476 e. The number of benzene rings is 2. The molecule has 2 amide bonds. The molecule has 2 aromatic carbocycles. The summed E-state index contributed by atoms with van der Waals surface area (Å²) >= 11 is 0. The van der Waals surface area contributed by atoms with Crippen LogP contribution in [-0.4, -0.2) is 40.7 Å². The minimum Gasteiger partial charge on any atom is -0.476 e. The van der Waals surface area contributed by atoms with Gasteiger partial charge in [0.05, 0.1) is 6.54 Å². The maximum Gasteiger partial charge on any atom is 0.407 e. The molecule has 1 heterocycles. The van der Waals surface area contributed by atoms with Gasteiger partial charge < -0.3 is 24.9 Å². The van der Waals surface area contributed by atoms with Crippen LogP contribution in [0.4, 0.5) is 4.79 Å². The lowest BCUT2D eigenvalue weighted by atomic mass is 9.86. The van der Waals surface area contributed by atoms with Crippen LogP contribution in [0.15, 0.2) is 59.3 Å². The number of rotatable bonds is 7. The van der Waals surface area contributed by atoms with Crippen molar-refractivity contribution in [3.8, 4) is 11.1 Å². The number of nitrogens with one attached hydrogen (secondary N) is 2. The van der Waals surface area contributed by atoms with Crippen LogP contribution in [0.5, 0.6) is 0 Å². The smallest absolute Gasteiger partial charge is 0.407 e. The summed E-state index contributed by atoms with van der Waals surface area (Å²) in [5.74, 6) is -1.85. The standard InChI is InChI=1S/C26H27N3O6/c1-26(2,3)22(23(30)27-12-20-21(24(31)32)28-14-35-20)29-25(33)34-13-19-17-10-6-4-8-15(17)16-9-5-7-11-18(16)19/h4-11,14,19,22H,12-13H2,1-3H3,(H,27,30)(H,29,33)(H,31,32)/t22-/m1/s1. The lowest BCUT2D eigenvalue weighted by molar-refractivity contribution is -0.125. The van der Waals surface area contributed by atoms with Gasteiger partial charge in [0, 0.05) is 5.92 Å². The highest BCUT2D eigenvalue weighted by Gasteiger charge is 2.34. The number of amides is 2. The first-order chi connectivity index (χ1) is 16.7. The molecule has 0 bridgehead atoms. The summed E-state index contributed by atoms with van der Waals surface area (Å²) in [6, 6.07) is 15.1. The third-order valence-electron chi connectivity index (χ3n) is 6.00. The van der Waals surface area contributed by atoms with Gasteiger partial charge in [-0.25, -0.2) is 14.6 Å². The van der Waals surface area contributed by atoms with Gasteiger partial charge in [0.15, 0.2) is 17.8 Å². The highest BCUT2D eigenvalue weighted by Crippen LogP contribution is 2.44. The Labute approximate surface area is 202 Å². The number of carboxylic acid groups (broad SMARTS) is 1. The third-order valence-corrected chi connectivity index (χ3v) is 6.00. The summed E-state index contributed by atoms with van der Waals surface area (Å²) in [7, 11) is 0. The molecule has 9 nitrogen and oxygen atoms in total. The molecule has 35 heavy (non-hydrogen) atoms. The number of hydrogen-bond acceptors (Lipinski definition) is 6. The normalized spacial score (nSPS) is 13.5. The lowest BCUT2D eigenvalue weighted by Crippen LogP contribution is -2.53. The van der Waals surface area contributed by atoms with Crippen molar-refractivity contribution in [2.45, 2.75) is 39.3 Å². The number of carboxylic acids is 1. The number of carbonyl (C=O) groups is 3. The fourth-order valence-electron chi connectivity index (χ4n) is 4.27. The Morgan fingerprint density at radius 3 is 2.23 bits per heavy atom. The van der Waals surface area contributed by atoms with Crippen molar-refractivity contribution in [2.75, 3.05) is 6.61 Å². The number of ether oxygens (including phenoxy) is 1. The van der Waals surface area contributed by atoms with E-state index in [0.717, 1.165) is 28.6 Å². The van der Waals surface area contributed by atoms with Crippen molar-refractivity contribution >= 4 is 18.0 Å². The van der Waals surface area contributed by atoms with Gasteiger partial charge in [0.2, 0.25) is 5.91 Å². The van der Waals surface area contributed by atoms with E-state index in [1.165, 1.54) is 0 Å². The van der Waals surface area contributed by atoms with Crippen molar-refractivity contribution in [3.05, 3.63) is 77.5 Å². The summed E-state index contributed by atoms with van der Waals surface area (Å²) in [4.78, 5) is 40.5. The Balaban J connectivity index is 1.41. The van der Waals surface area contributed by atoms with Gasteiger partial charge in [0.25, 0.3) is 0 Å². The molecule has 3 N–H and O–H groups in total. The number of aromatic carboxylic acids is 1. The van der Waals surface area contributed by atoms with E-state index in [1.54, 1.807) is 20.8 Å². The molecule has 4 rings (SSSR count). The molecule has 0 saturated carbocycles. The van der Waals surface area contributed by atoms with Crippen LogP contribution in [0.2, 0.25) is 0 Å². The fraction of sp³-hybridized carbons (Fsp3) is 0.308. The van der Waals surface area contributed by atoms with E-state index < -0.39 is 29.4 Å². The molecule has 1 aliphatic rings. The topological polar surface area (TPSA) is 131 Å². The predicted molar refractivity (Wildman–Crippen MR) is 127 cm³/mol. The van der Waals surface area contributed by atoms with E-state index in [2.05, 4.69) is 27.8 Å². The monoisotopic (exact) mass is 477 g/mol. The maximum atomic E-state index is 12.9. The first-order valence-electron chi connectivity index (χ1n) is 11.2. The third kappa shape index (κ3) is 5.03. The number of hydrogen-bond donors (Lipinski definition) is 3. The van der Waals surface area contributed by atoms with Crippen LogP contribution >= 0.6 is 0 Å². The quantitative estimate of drug-likeness (QED) is 0.470. The zero-order valence-electron chi connectivity index (χ0n) is 19.7. The molecule has 1 atom stereocenters. The van der Waals surface area contributed by atoms with Crippen LogP contribution in [0.25, 0.3) is 11.1 Å². The summed E-state index contributed by atoms with van der Waals surface area (Å²) in [5, 5.41) is 14.4. The number of carbonyl (C=O) groups excluding carboxylic acids is 2. The second-order valence-electron chi connectivity index (χ2n) is 9.42. The van der Waals surface area contributed by atoms with Gasteiger partial charge in [0.1, 0.15) is 12.6 Å². The molecule has 0 aliphatic heterocycles. The Hall–Kier alpha value is -4.14. The van der Waals surface area contributed by atoms with Crippen molar-refractivity contribution in [2.24, 2.45) is 5.41 Å². The minimum atomic E-state index is -1.26. The van der Waals surface area contributed by atoms with Gasteiger partial charge >= 0.3 is 12.1 Å². The van der Waals surface area contributed by atoms with Crippen LogP contribution in [0, 0.1) is 5.41 Å².